The van der Waals surface area contributed by atoms with E-state index in [1.807, 2.05) is 24.3 Å². The molecule has 0 saturated carbocycles. The number of piperidine rings is 1. The van der Waals surface area contributed by atoms with Crippen LogP contribution in [-0.2, 0) is 11.3 Å². The number of rotatable bonds is 6. The number of nitrogens with one attached hydrogen (secondary N) is 2. The molecule has 3 rings (SSSR count). The molecule has 1 saturated heterocycles. The van der Waals surface area contributed by atoms with Crippen LogP contribution >= 0.6 is 0 Å². The second-order valence-electron chi connectivity index (χ2n) is 6.78. The standard InChI is InChI=1S/C21H26N4O3/c1-22-19-18(4-3-11-23-19)21(27)25-12-9-16(10-13-25)20(26)24-14-15-5-7-17(28-2)8-6-15/h3-8,11,16H,9-10,12-14H2,1-2H3,(H,22,23)(H,24,26). The Labute approximate surface area is 165 Å². The fourth-order valence-corrected chi connectivity index (χ4v) is 3.37. The topological polar surface area (TPSA) is 83.6 Å². The molecular weight excluding hydrogens is 356 g/mol. The molecule has 0 spiro atoms. The van der Waals surface area contributed by atoms with Crippen LogP contribution in [0.15, 0.2) is 42.6 Å². The van der Waals surface area contributed by atoms with E-state index in [9.17, 15) is 9.59 Å². The summed E-state index contributed by atoms with van der Waals surface area (Å²) in [5, 5.41) is 5.95. The molecular formula is C21H26N4O3. The summed E-state index contributed by atoms with van der Waals surface area (Å²) in [5.74, 6) is 1.30. The maximum absolute atomic E-state index is 12.8. The minimum atomic E-state index is -0.0695. The highest BCUT2D eigenvalue weighted by atomic mass is 16.5. The number of ether oxygens (including phenoxy) is 1. The van der Waals surface area contributed by atoms with E-state index in [4.69, 9.17) is 4.74 Å². The van der Waals surface area contributed by atoms with Gasteiger partial charge in [-0.2, -0.15) is 0 Å². The van der Waals surface area contributed by atoms with Gasteiger partial charge >= 0.3 is 0 Å². The zero-order chi connectivity index (χ0) is 19.9. The van der Waals surface area contributed by atoms with Gasteiger partial charge in [-0.05, 0) is 42.7 Å². The maximum Gasteiger partial charge on any atom is 0.257 e. The summed E-state index contributed by atoms with van der Waals surface area (Å²) in [6, 6.07) is 11.2. The molecule has 1 aromatic heterocycles. The van der Waals surface area contributed by atoms with Gasteiger partial charge in [0.15, 0.2) is 0 Å². The molecule has 1 fully saturated rings. The van der Waals surface area contributed by atoms with Crippen LogP contribution < -0.4 is 15.4 Å². The summed E-state index contributed by atoms with van der Waals surface area (Å²) in [6.07, 6.45) is 2.98. The van der Waals surface area contributed by atoms with E-state index in [1.54, 1.807) is 37.4 Å². The number of hydrogen-bond acceptors (Lipinski definition) is 5. The number of nitrogens with zero attached hydrogens (tertiary/aromatic N) is 2. The lowest BCUT2D eigenvalue weighted by Gasteiger charge is -2.31. The number of anilines is 1. The van der Waals surface area contributed by atoms with Gasteiger partial charge in [0.25, 0.3) is 5.91 Å². The summed E-state index contributed by atoms with van der Waals surface area (Å²) >= 11 is 0. The molecule has 2 amide bonds. The first-order valence-corrected chi connectivity index (χ1v) is 9.45. The highest BCUT2D eigenvalue weighted by Gasteiger charge is 2.28. The highest BCUT2D eigenvalue weighted by Crippen LogP contribution is 2.21. The Bertz CT molecular complexity index is 815. The summed E-state index contributed by atoms with van der Waals surface area (Å²) in [5.41, 5.74) is 1.59. The minimum absolute atomic E-state index is 0.0419. The molecule has 148 valence electrons. The third-order valence-electron chi connectivity index (χ3n) is 5.05. The van der Waals surface area contributed by atoms with E-state index in [1.165, 1.54) is 0 Å². The molecule has 0 radical (unpaired) electrons. The van der Waals surface area contributed by atoms with Gasteiger partial charge in [-0.25, -0.2) is 4.98 Å². The zero-order valence-corrected chi connectivity index (χ0v) is 16.3. The molecule has 28 heavy (non-hydrogen) atoms. The molecule has 0 aliphatic carbocycles. The molecule has 1 aliphatic rings. The number of methoxy groups -OCH3 is 1. The third-order valence-corrected chi connectivity index (χ3v) is 5.05. The van der Waals surface area contributed by atoms with Crippen molar-refractivity contribution < 1.29 is 14.3 Å². The maximum atomic E-state index is 12.8. The highest BCUT2D eigenvalue weighted by molar-refractivity contribution is 5.98. The Morgan fingerprint density at radius 1 is 1.18 bits per heavy atom. The molecule has 0 bridgehead atoms. The van der Waals surface area contributed by atoms with Crippen LogP contribution in [0.5, 0.6) is 5.75 Å². The van der Waals surface area contributed by atoms with Crippen LogP contribution in [-0.4, -0.2) is 48.9 Å². The summed E-state index contributed by atoms with van der Waals surface area (Å²) in [7, 11) is 3.38. The van der Waals surface area contributed by atoms with Crippen molar-refractivity contribution in [2.75, 3.05) is 32.6 Å². The molecule has 7 nitrogen and oxygen atoms in total. The minimum Gasteiger partial charge on any atom is -0.497 e. The summed E-state index contributed by atoms with van der Waals surface area (Å²) in [6.45, 7) is 1.62. The number of carbonyl (C=O) groups excluding carboxylic acids is 2. The second-order valence-corrected chi connectivity index (χ2v) is 6.78. The molecule has 2 heterocycles. The van der Waals surface area contributed by atoms with Crippen molar-refractivity contribution in [1.82, 2.24) is 15.2 Å². The third kappa shape index (κ3) is 4.60. The van der Waals surface area contributed by atoms with Crippen LogP contribution in [0, 0.1) is 5.92 Å². The smallest absolute Gasteiger partial charge is 0.257 e. The first-order valence-electron chi connectivity index (χ1n) is 9.45. The Kier molecular flexibility index (Phi) is 6.47. The average Bonchev–Trinajstić information content (AvgIpc) is 2.77. The Hall–Kier alpha value is -3.09. The number of amides is 2. The first kappa shape index (κ1) is 19.7. The van der Waals surface area contributed by atoms with Gasteiger partial charge in [-0.3, -0.25) is 9.59 Å². The number of benzene rings is 1. The van der Waals surface area contributed by atoms with Gasteiger partial charge in [0.05, 0.1) is 12.7 Å². The fourth-order valence-electron chi connectivity index (χ4n) is 3.37. The SMILES string of the molecule is CNc1ncccc1C(=O)N1CCC(C(=O)NCc2ccc(OC)cc2)CC1. The number of pyridine rings is 1. The van der Waals surface area contributed by atoms with Crippen molar-refractivity contribution >= 4 is 17.6 Å². The van der Waals surface area contributed by atoms with Gasteiger partial charge in [0.1, 0.15) is 11.6 Å². The van der Waals surface area contributed by atoms with E-state index < -0.39 is 0 Å². The second kappa shape index (κ2) is 9.21. The molecule has 1 aromatic carbocycles. The van der Waals surface area contributed by atoms with E-state index in [-0.39, 0.29) is 17.7 Å². The van der Waals surface area contributed by atoms with Crippen molar-refractivity contribution in [2.45, 2.75) is 19.4 Å². The fraction of sp³-hybridized carbons (Fsp3) is 0.381. The van der Waals surface area contributed by atoms with E-state index in [2.05, 4.69) is 15.6 Å². The Morgan fingerprint density at radius 2 is 1.89 bits per heavy atom. The van der Waals surface area contributed by atoms with Crippen molar-refractivity contribution in [2.24, 2.45) is 5.92 Å². The lowest BCUT2D eigenvalue weighted by molar-refractivity contribution is -0.126. The van der Waals surface area contributed by atoms with Gasteiger partial charge < -0.3 is 20.3 Å². The van der Waals surface area contributed by atoms with Crippen molar-refractivity contribution in [1.29, 1.82) is 0 Å². The van der Waals surface area contributed by atoms with Crippen molar-refractivity contribution in [3.8, 4) is 5.75 Å². The van der Waals surface area contributed by atoms with Crippen LogP contribution in [0.2, 0.25) is 0 Å². The van der Waals surface area contributed by atoms with Crippen LogP contribution in [0.1, 0.15) is 28.8 Å². The van der Waals surface area contributed by atoms with Crippen molar-refractivity contribution in [3.05, 3.63) is 53.7 Å². The number of aromatic nitrogens is 1. The largest absolute Gasteiger partial charge is 0.497 e. The number of carbonyl (C=O) groups is 2. The quantitative estimate of drug-likeness (QED) is 0.801. The average molecular weight is 382 g/mol. The predicted octanol–water partition coefficient (Wildman–Crippen LogP) is 2.30. The van der Waals surface area contributed by atoms with E-state index in [0.717, 1.165) is 11.3 Å². The van der Waals surface area contributed by atoms with Gasteiger partial charge in [-0.15, -0.1) is 0 Å². The van der Waals surface area contributed by atoms with Crippen LogP contribution in [0.25, 0.3) is 0 Å². The molecule has 1 aliphatic heterocycles. The monoisotopic (exact) mass is 382 g/mol. The number of hydrogen-bond donors (Lipinski definition) is 2. The Balaban J connectivity index is 1.50. The van der Waals surface area contributed by atoms with E-state index in [0.29, 0.717) is 43.9 Å². The number of likely N-dealkylation sites (tertiary alicyclic amines) is 1. The molecule has 0 atom stereocenters. The zero-order valence-electron chi connectivity index (χ0n) is 16.3. The molecule has 0 unspecified atom stereocenters. The summed E-state index contributed by atoms with van der Waals surface area (Å²) in [4.78, 5) is 31.2. The first-order chi connectivity index (χ1) is 13.6. The lowest BCUT2D eigenvalue weighted by Crippen LogP contribution is -2.43. The molecule has 2 N–H and O–H groups in total. The molecule has 2 aromatic rings. The van der Waals surface area contributed by atoms with Crippen molar-refractivity contribution in [3.63, 3.8) is 0 Å². The van der Waals surface area contributed by atoms with E-state index >= 15 is 0 Å². The van der Waals surface area contributed by atoms with Gasteiger partial charge in [-0.1, -0.05) is 12.1 Å². The van der Waals surface area contributed by atoms with Crippen LogP contribution in [0.4, 0.5) is 5.82 Å². The Morgan fingerprint density at radius 3 is 2.54 bits per heavy atom. The normalized spacial score (nSPS) is 14.4. The van der Waals surface area contributed by atoms with Gasteiger partial charge in [0, 0.05) is 38.8 Å². The summed E-state index contributed by atoms with van der Waals surface area (Å²) < 4.78 is 5.14. The lowest BCUT2D eigenvalue weighted by atomic mass is 9.95. The predicted molar refractivity (Wildman–Crippen MR) is 107 cm³/mol. The van der Waals surface area contributed by atoms with Gasteiger partial charge in [0.2, 0.25) is 5.91 Å². The molecule has 7 heteroatoms. The van der Waals surface area contributed by atoms with Crippen LogP contribution in [0.3, 0.4) is 0 Å².